The minimum absolute atomic E-state index is 0.0751. The van der Waals surface area contributed by atoms with Gasteiger partial charge in [-0.25, -0.2) is 8.42 Å². The third-order valence-electron chi connectivity index (χ3n) is 4.70. The molecule has 2 heterocycles. The molecule has 0 atom stereocenters. The Hall–Kier alpha value is -2.56. The number of aryl methyl sites for hydroxylation is 2. The average molecular weight is 436 g/mol. The van der Waals surface area contributed by atoms with Gasteiger partial charge in [0.15, 0.2) is 0 Å². The summed E-state index contributed by atoms with van der Waals surface area (Å²) in [4.78, 5) is 26.6. The maximum absolute atomic E-state index is 12.9. The number of carbonyl (C=O) groups excluding carboxylic acids is 1. The van der Waals surface area contributed by atoms with Gasteiger partial charge in [-0.1, -0.05) is 12.1 Å². The highest BCUT2D eigenvalue weighted by Crippen LogP contribution is 2.28. The molecule has 0 unspecified atom stereocenters. The van der Waals surface area contributed by atoms with Gasteiger partial charge in [-0.05, 0) is 32.1 Å². The summed E-state index contributed by atoms with van der Waals surface area (Å²) in [6.45, 7) is 4.61. The maximum Gasteiger partial charge on any atom is 0.276 e. The zero-order chi connectivity index (χ0) is 21.2. The summed E-state index contributed by atoms with van der Waals surface area (Å²) in [6.07, 6.45) is 2.71. The Morgan fingerprint density at radius 1 is 1.17 bits per heavy atom. The zero-order valence-corrected chi connectivity index (χ0v) is 17.7. The van der Waals surface area contributed by atoms with Gasteiger partial charge in [-0.2, -0.15) is 4.31 Å². The summed E-state index contributed by atoms with van der Waals surface area (Å²) in [5, 5.41) is 11.1. The van der Waals surface area contributed by atoms with Crippen LogP contribution in [0.5, 0.6) is 0 Å². The van der Waals surface area contributed by atoms with Crippen molar-refractivity contribution < 1.29 is 18.1 Å². The molecule has 0 N–H and O–H groups in total. The Bertz CT molecular complexity index is 1070. The number of benzene rings is 1. The zero-order valence-electron chi connectivity index (χ0n) is 16.1. The third-order valence-corrected chi connectivity index (χ3v) is 7.82. The van der Waals surface area contributed by atoms with Gasteiger partial charge in [-0.15, -0.1) is 11.3 Å². The maximum atomic E-state index is 12.9. The fraction of sp³-hybridized carbons (Fsp3) is 0.316. The second kappa shape index (κ2) is 8.44. The lowest BCUT2D eigenvalue weighted by Crippen LogP contribution is -2.50. The van der Waals surface area contributed by atoms with Crippen LogP contribution < -0.4 is 0 Å². The second-order valence-corrected chi connectivity index (χ2v) is 10.0. The van der Waals surface area contributed by atoms with Gasteiger partial charge in [0.1, 0.15) is 0 Å². The van der Waals surface area contributed by atoms with E-state index < -0.39 is 14.9 Å². The van der Waals surface area contributed by atoms with Crippen LogP contribution in [0.25, 0.3) is 6.08 Å². The third kappa shape index (κ3) is 4.55. The van der Waals surface area contributed by atoms with E-state index in [9.17, 15) is 23.3 Å². The van der Waals surface area contributed by atoms with Crippen LogP contribution in [0, 0.1) is 24.0 Å². The largest absolute Gasteiger partial charge is 0.337 e. The fourth-order valence-corrected chi connectivity index (χ4v) is 6.16. The number of nitro groups is 1. The molecule has 0 spiro atoms. The molecule has 1 aliphatic rings. The lowest BCUT2D eigenvalue weighted by molar-refractivity contribution is -0.385. The molecule has 3 rings (SSSR count). The predicted octanol–water partition coefficient (Wildman–Crippen LogP) is 2.82. The number of hydrogen-bond donors (Lipinski definition) is 0. The van der Waals surface area contributed by atoms with Gasteiger partial charge in [0.05, 0.1) is 15.4 Å². The standard InChI is InChI=1S/C19H21N3O5S2/c1-14-13-18(15(2)28-14)29(26,27)21-11-9-20(10-12-21)19(23)8-7-16-5-3-4-6-17(16)22(24)25/h3-8,13H,9-12H2,1-2H3/b8-7+. The van der Waals surface area contributed by atoms with E-state index in [1.54, 1.807) is 36.1 Å². The van der Waals surface area contributed by atoms with Crippen molar-refractivity contribution in [2.45, 2.75) is 18.7 Å². The normalized spacial score (nSPS) is 15.7. The van der Waals surface area contributed by atoms with Crippen molar-refractivity contribution in [1.29, 1.82) is 0 Å². The van der Waals surface area contributed by atoms with E-state index >= 15 is 0 Å². The predicted molar refractivity (Wildman–Crippen MR) is 111 cm³/mol. The fourth-order valence-electron chi connectivity index (χ4n) is 3.21. The molecule has 1 amide bonds. The van der Waals surface area contributed by atoms with Crippen LogP contribution in [-0.2, 0) is 14.8 Å². The minimum Gasteiger partial charge on any atom is -0.337 e. The summed E-state index contributed by atoms with van der Waals surface area (Å²) in [6, 6.07) is 7.85. The molecule has 1 fully saturated rings. The van der Waals surface area contributed by atoms with Crippen molar-refractivity contribution in [2.24, 2.45) is 0 Å². The van der Waals surface area contributed by atoms with Gasteiger partial charge in [-0.3, -0.25) is 14.9 Å². The average Bonchev–Trinajstić information content (AvgIpc) is 3.05. The first-order valence-corrected chi connectivity index (χ1v) is 11.2. The molecule has 1 aromatic heterocycles. The molecule has 0 radical (unpaired) electrons. The number of hydrogen-bond acceptors (Lipinski definition) is 6. The Morgan fingerprint density at radius 3 is 2.41 bits per heavy atom. The van der Waals surface area contributed by atoms with Crippen molar-refractivity contribution in [3.8, 4) is 0 Å². The molecule has 10 heteroatoms. The van der Waals surface area contributed by atoms with Crippen LogP contribution >= 0.6 is 11.3 Å². The van der Waals surface area contributed by atoms with Crippen LogP contribution in [0.3, 0.4) is 0 Å². The van der Waals surface area contributed by atoms with Gasteiger partial charge < -0.3 is 4.90 Å². The lowest BCUT2D eigenvalue weighted by atomic mass is 10.1. The number of rotatable bonds is 5. The van der Waals surface area contributed by atoms with Gasteiger partial charge in [0.25, 0.3) is 5.69 Å². The number of amides is 1. The Morgan fingerprint density at radius 2 is 1.83 bits per heavy atom. The monoisotopic (exact) mass is 435 g/mol. The highest BCUT2D eigenvalue weighted by atomic mass is 32.2. The number of carbonyl (C=O) groups is 1. The number of thiophene rings is 1. The number of nitro benzene ring substituents is 1. The van der Waals surface area contributed by atoms with Gasteiger partial charge in [0, 0.05) is 48.1 Å². The highest BCUT2D eigenvalue weighted by molar-refractivity contribution is 7.89. The molecule has 29 heavy (non-hydrogen) atoms. The van der Waals surface area contributed by atoms with Crippen molar-refractivity contribution >= 4 is 39.0 Å². The number of sulfonamides is 1. The Balaban J connectivity index is 1.66. The van der Waals surface area contributed by atoms with E-state index in [0.29, 0.717) is 10.5 Å². The van der Waals surface area contributed by atoms with Crippen LogP contribution in [0.1, 0.15) is 15.3 Å². The molecule has 0 saturated carbocycles. The number of nitrogens with zero attached hydrogens (tertiary/aromatic N) is 3. The van der Waals surface area contributed by atoms with Crippen LogP contribution in [-0.4, -0.2) is 54.6 Å². The van der Waals surface area contributed by atoms with Crippen molar-refractivity contribution in [2.75, 3.05) is 26.2 Å². The molecule has 154 valence electrons. The first-order valence-electron chi connectivity index (χ1n) is 8.98. The molecular formula is C19H21N3O5S2. The van der Waals surface area contributed by atoms with Crippen molar-refractivity contribution in [3.63, 3.8) is 0 Å². The van der Waals surface area contributed by atoms with Gasteiger partial charge >= 0.3 is 0 Å². The minimum atomic E-state index is -3.58. The van der Waals surface area contributed by atoms with Crippen LogP contribution in [0.2, 0.25) is 0 Å². The van der Waals surface area contributed by atoms with E-state index in [2.05, 4.69) is 0 Å². The molecular weight excluding hydrogens is 414 g/mol. The molecule has 1 saturated heterocycles. The molecule has 0 bridgehead atoms. The Labute approximate surface area is 173 Å². The SMILES string of the molecule is Cc1cc(S(=O)(=O)N2CCN(C(=O)/C=C/c3ccccc3[N+](=O)[O-])CC2)c(C)s1. The lowest BCUT2D eigenvalue weighted by Gasteiger charge is -2.33. The highest BCUT2D eigenvalue weighted by Gasteiger charge is 2.31. The van der Waals surface area contributed by atoms with Crippen molar-refractivity contribution in [3.05, 3.63) is 61.8 Å². The molecule has 1 aromatic carbocycles. The van der Waals surface area contributed by atoms with Crippen LogP contribution in [0.4, 0.5) is 5.69 Å². The summed E-state index contributed by atoms with van der Waals surface area (Å²) in [5.74, 6) is -0.303. The molecule has 0 aliphatic carbocycles. The Kier molecular flexibility index (Phi) is 6.15. The van der Waals surface area contributed by atoms with E-state index in [1.807, 2.05) is 6.92 Å². The van der Waals surface area contributed by atoms with E-state index in [4.69, 9.17) is 0 Å². The quantitative estimate of drug-likeness (QED) is 0.408. The summed E-state index contributed by atoms with van der Waals surface area (Å²) in [5.41, 5.74) is 0.268. The number of para-hydroxylation sites is 1. The molecule has 8 nitrogen and oxygen atoms in total. The molecule has 1 aliphatic heterocycles. The van der Waals surface area contributed by atoms with Crippen molar-refractivity contribution in [1.82, 2.24) is 9.21 Å². The summed E-state index contributed by atoms with van der Waals surface area (Å²) < 4.78 is 27.1. The topological polar surface area (TPSA) is 101 Å². The summed E-state index contributed by atoms with van der Waals surface area (Å²) >= 11 is 1.45. The van der Waals surface area contributed by atoms with Crippen LogP contribution in [0.15, 0.2) is 41.3 Å². The second-order valence-electron chi connectivity index (χ2n) is 6.66. The first-order chi connectivity index (χ1) is 13.7. The van der Waals surface area contributed by atoms with Gasteiger partial charge in [0.2, 0.25) is 15.9 Å². The first kappa shape index (κ1) is 21.2. The molecule has 2 aromatic rings. The van der Waals surface area contributed by atoms with E-state index in [0.717, 1.165) is 9.75 Å². The number of piperazine rings is 1. The van der Waals surface area contributed by atoms with E-state index in [-0.39, 0.29) is 37.8 Å². The smallest absolute Gasteiger partial charge is 0.276 e. The summed E-state index contributed by atoms with van der Waals surface area (Å²) in [7, 11) is -3.58. The van der Waals surface area contributed by atoms with E-state index in [1.165, 1.54) is 33.9 Å².